The summed E-state index contributed by atoms with van der Waals surface area (Å²) in [5.74, 6) is 0.595. The Bertz CT molecular complexity index is 424. The number of rotatable bonds is 6. The number of piperidine rings is 1. The molecular formula is C12H20N4O2S. The van der Waals surface area contributed by atoms with Gasteiger partial charge in [0.05, 0.1) is 6.54 Å². The first-order chi connectivity index (χ1) is 9.19. The Morgan fingerprint density at radius 2 is 2.47 bits per heavy atom. The second kappa shape index (κ2) is 6.81. The number of carboxylic acid groups (broad SMARTS) is 1. The second-order valence-corrected chi connectivity index (χ2v) is 5.56. The van der Waals surface area contributed by atoms with E-state index in [0.717, 1.165) is 49.9 Å². The highest BCUT2D eigenvalue weighted by atomic mass is 32.1. The quantitative estimate of drug-likeness (QED) is 0.811. The molecule has 1 fully saturated rings. The van der Waals surface area contributed by atoms with Gasteiger partial charge in [0.1, 0.15) is 5.82 Å². The lowest BCUT2D eigenvalue weighted by Gasteiger charge is -2.32. The highest BCUT2D eigenvalue weighted by molar-refractivity contribution is 7.09. The summed E-state index contributed by atoms with van der Waals surface area (Å²) in [6.07, 6.45) is 3.14. The van der Waals surface area contributed by atoms with Gasteiger partial charge in [0.25, 0.3) is 0 Å². The molecule has 0 amide bonds. The minimum absolute atomic E-state index is 0.0370. The standard InChI is InChI=1S/C12H20N4O2S/c1-2-10-14-12(19-15-10)16-5-3-4-9(8-16)6-13-7-11(17)18/h9,13H,2-8H2,1H3,(H,17,18). The van der Waals surface area contributed by atoms with Gasteiger partial charge in [-0.05, 0) is 18.8 Å². The van der Waals surface area contributed by atoms with Crippen LogP contribution < -0.4 is 10.2 Å². The van der Waals surface area contributed by atoms with Crippen LogP contribution in [0.2, 0.25) is 0 Å². The van der Waals surface area contributed by atoms with E-state index in [1.165, 1.54) is 11.5 Å². The van der Waals surface area contributed by atoms with Gasteiger partial charge in [-0.1, -0.05) is 6.92 Å². The summed E-state index contributed by atoms with van der Waals surface area (Å²) in [4.78, 5) is 17.3. The summed E-state index contributed by atoms with van der Waals surface area (Å²) in [7, 11) is 0. The molecule has 0 spiro atoms. The van der Waals surface area contributed by atoms with E-state index in [0.29, 0.717) is 5.92 Å². The van der Waals surface area contributed by atoms with Gasteiger partial charge in [0.15, 0.2) is 0 Å². The second-order valence-electron chi connectivity index (χ2n) is 4.83. The van der Waals surface area contributed by atoms with Crippen molar-refractivity contribution in [2.45, 2.75) is 26.2 Å². The van der Waals surface area contributed by atoms with Crippen molar-refractivity contribution in [3.05, 3.63) is 5.82 Å². The topological polar surface area (TPSA) is 78.4 Å². The molecular weight excluding hydrogens is 264 g/mol. The lowest BCUT2D eigenvalue weighted by atomic mass is 9.98. The molecule has 0 aromatic carbocycles. The van der Waals surface area contributed by atoms with Gasteiger partial charge in [-0.25, -0.2) is 4.98 Å². The summed E-state index contributed by atoms with van der Waals surface area (Å²) in [6.45, 7) is 4.80. The molecule has 1 unspecified atom stereocenters. The maximum Gasteiger partial charge on any atom is 0.317 e. The fraction of sp³-hybridized carbons (Fsp3) is 0.750. The van der Waals surface area contributed by atoms with E-state index < -0.39 is 5.97 Å². The maximum absolute atomic E-state index is 10.5. The van der Waals surface area contributed by atoms with Gasteiger partial charge in [-0.3, -0.25) is 4.79 Å². The Kier molecular flexibility index (Phi) is 5.09. The van der Waals surface area contributed by atoms with Crippen molar-refractivity contribution < 1.29 is 9.90 Å². The van der Waals surface area contributed by atoms with Gasteiger partial charge in [0.2, 0.25) is 5.13 Å². The predicted molar refractivity (Wildman–Crippen MR) is 74.7 cm³/mol. The van der Waals surface area contributed by atoms with Gasteiger partial charge in [-0.2, -0.15) is 4.37 Å². The number of hydrogen-bond acceptors (Lipinski definition) is 6. The van der Waals surface area contributed by atoms with Crippen LogP contribution in [0.4, 0.5) is 5.13 Å². The minimum Gasteiger partial charge on any atom is -0.480 e. The average molecular weight is 284 g/mol. The third-order valence-corrected chi connectivity index (χ3v) is 4.09. The molecule has 19 heavy (non-hydrogen) atoms. The van der Waals surface area contributed by atoms with E-state index >= 15 is 0 Å². The highest BCUT2D eigenvalue weighted by Crippen LogP contribution is 2.24. The summed E-state index contributed by atoms with van der Waals surface area (Å²) < 4.78 is 4.32. The summed E-state index contributed by atoms with van der Waals surface area (Å²) in [5.41, 5.74) is 0. The number of aryl methyl sites for hydroxylation is 1. The highest BCUT2D eigenvalue weighted by Gasteiger charge is 2.22. The first kappa shape index (κ1) is 14.2. The molecule has 0 bridgehead atoms. The summed E-state index contributed by atoms with van der Waals surface area (Å²) >= 11 is 1.46. The molecule has 6 nitrogen and oxygen atoms in total. The third-order valence-electron chi connectivity index (χ3n) is 3.27. The lowest BCUT2D eigenvalue weighted by Crippen LogP contribution is -2.40. The molecule has 2 heterocycles. The average Bonchev–Trinajstić information content (AvgIpc) is 2.87. The molecule has 7 heteroatoms. The molecule has 0 saturated carbocycles. The first-order valence-corrected chi connectivity index (χ1v) is 7.46. The first-order valence-electron chi connectivity index (χ1n) is 6.69. The van der Waals surface area contributed by atoms with Crippen molar-refractivity contribution in [1.29, 1.82) is 0 Å². The van der Waals surface area contributed by atoms with E-state index in [1.54, 1.807) is 0 Å². The van der Waals surface area contributed by atoms with Crippen LogP contribution in [0.3, 0.4) is 0 Å². The van der Waals surface area contributed by atoms with Gasteiger partial charge >= 0.3 is 5.97 Å². The van der Waals surface area contributed by atoms with E-state index in [2.05, 4.69) is 26.5 Å². The molecule has 106 valence electrons. The zero-order valence-corrected chi connectivity index (χ0v) is 11.9. The number of hydrogen-bond donors (Lipinski definition) is 2. The number of aliphatic carboxylic acids is 1. The monoisotopic (exact) mass is 284 g/mol. The summed E-state index contributed by atoms with van der Waals surface area (Å²) in [5, 5.41) is 12.6. The predicted octanol–water partition coefficient (Wildman–Crippen LogP) is 0.991. The van der Waals surface area contributed by atoms with Crippen molar-refractivity contribution in [2.24, 2.45) is 5.92 Å². The SMILES string of the molecule is CCc1nsc(N2CCCC(CNCC(=O)O)C2)n1. The van der Waals surface area contributed by atoms with Crippen molar-refractivity contribution in [2.75, 3.05) is 31.1 Å². The zero-order chi connectivity index (χ0) is 13.7. The lowest BCUT2D eigenvalue weighted by molar-refractivity contribution is -0.136. The number of anilines is 1. The van der Waals surface area contributed by atoms with E-state index in [-0.39, 0.29) is 6.54 Å². The van der Waals surface area contributed by atoms with E-state index in [4.69, 9.17) is 5.11 Å². The molecule has 1 aromatic heterocycles. The van der Waals surface area contributed by atoms with Crippen LogP contribution in [0.15, 0.2) is 0 Å². The van der Waals surface area contributed by atoms with Crippen LogP contribution in [-0.4, -0.2) is 46.6 Å². The van der Waals surface area contributed by atoms with Crippen LogP contribution in [0.5, 0.6) is 0 Å². The number of nitrogens with zero attached hydrogens (tertiary/aromatic N) is 3. The molecule has 2 N–H and O–H groups in total. The minimum atomic E-state index is -0.802. The molecule has 1 aliphatic rings. The fourth-order valence-electron chi connectivity index (χ4n) is 2.31. The fourth-order valence-corrected chi connectivity index (χ4v) is 3.09. The normalized spacial score (nSPS) is 19.6. The van der Waals surface area contributed by atoms with Crippen molar-refractivity contribution in [3.8, 4) is 0 Å². The van der Waals surface area contributed by atoms with E-state index in [1.807, 2.05) is 0 Å². The molecule has 2 rings (SSSR count). The summed E-state index contributed by atoms with van der Waals surface area (Å²) in [6, 6.07) is 0. The number of aromatic nitrogens is 2. The van der Waals surface area contributed by atoms with Crippen molar-refractivity contribution >= 4 is 22.6 Å². The maximum atomic E-state index is 10.5. The van der Waals surface area contributed by atoms with E-state index in [9.17, 15) is 4.79 Å². The number of carboxylic acids is 1. The van der Waals surface area contributed by atoms with Crippen LogP contribution in [-0.2, 0) is 11.2 Å². The largest absolute Gasteiger partial charge is 0.480 e. The van der Waals surface area contributed by atoms with Crippen LogP contribution in [0.25, 0.3) is 0 Å². The Hall–Kier alpha value is -1.21. The Balaban J connectivity index is 1.84. The van der Waals surface area contributed by atoms with Gasteiger partial charge in [0, 0.05) is 37.6 Å². The Labute approximate surface area is 117 Å². The zero-order valence-electron chi connectivity index (χ0n) is 11.1. The van der Waals surface area contributed by atoms with Crippen LogP contribution in [0, 0.1) is 5.92 Å². The Morgan fingerprint density at radius 3 is 3.16 bits per heavy atom. The number of nitrogens with one attached hydrogen (secondary N) is 1. The van der Waals surface area contributed by atoms with Crippen molar-refractivity contribution in [3.63, 3.8) is 0 Å². The molecule has 1 aliphatic heterocycles. The molecule has 1 atom stereocenters. The third kappa shape index (κ3) is 4.14. The van der Waals surface area contributed by atoms with Gasteiger partial charge in [-0.15, -0.1) is 0 Å². The molecule has 0 radical (unpaired) electrons. The number of carbonyl (C=O) groups is 1. The van der Waals surface area contributed by atoms with Crippen molar-refractivity contribution in [1.82, 2.24) is 14.7 Å². The smallest absolute Gasteiger partial charge is 0.317 e. The Morgan fingerprint density at radius 1 is 1.63 bits per heavy atom. The molecule has 0 aliphatic carbocycles. The van der Waals surface area contributed by atoms with Gasteiger partial charge < -0.3 is 15.3 Å². The molecule has 1 aromatic rings. The van der Waals surface area contributed by atoms with Crippen LogP contribution in [0.1, 0.15) is 25.6 Å². The molecule has 1 saturated heterocycles. The van der Waals surface area contributed by atoms with Crippen LogP contribution >= 0.6 is 11.5 Å².